The van der Waals surface area contributed by atoms with Crippen LogP contribution in [0.15, 0.2) is 34.2 Å². The Bertz CT molecular complexity index is 572. The van der Waals surface area contributed by atoms with Crippen LogP contribution in [0.3, 0.4) is 0 Å². The second-order valence-electron chi connectivity index (χ2n) is 5.79. The number of guanidine groups is 1. The molecule has 0 amide bonds. The van der Waals surface area contributed by atoms with E-state index in [1.807, 2.05) is 6.92 Å². The standard InChI is InChI=1S/C18H26FN3O2S/c1-3-24-17(23)14-8-11-22(12-9-14)18(20-2)21-10-13-25-16-6-4-15(19)5-7-16/h4-7,14H,3,8-13H2,1-2H3,(H,20,21). The molecule has 1 aromatic rings. The van der Waals surface area contributed by atoms with E-state index in [1.54, 1.807) is 30.9 Å². The molecule has 0 radical (unpaired) electrons. The molecule has 7 heteroatoms. The van der Waals surface area contributed by atoms with Crippen molar-refractivity contribution in [3.05, 3.63) is 30.1 Å². The molecule has 2 rings (SSSR count). The lowest BCUT2D eigenvalue weighted by Gasteiger charge is -2.33. The summed E-state index contributed by atoms with van der Waals surface area (Å²) in [5, 5.41) is 3.35. The maximum atomic E-state index is 12.9. The number of aliphatic imine (C=N–C) groups is 1. The highest BCUT2D eigenvalue weighted by molar-refractivity contribution is 7.99. The smallest absolute Gasteiger partial charge is 0.309 e. The lowest BCUT2D eigenvalue weighted by Crippen LogP contribution is -2.47. The Morgan fingerprint density at radius 1 is 1.36 bits per heavy atom. The summed E-state index contributed by atoms with van der Waals surface area (Å²) < 4.78 is 18.0. The van der Waals surface area contributed by atoms with E-state index in [-0.39, 0.29) is 17.7 Å². The van der Waals surface area contributed by atoms with Gasteiger partial charge in [-0.15, -0.1) is 11.8 Å². The molecule has 0 atom stereocenters. The van der Waals surface area contributed by atoms with Crippen molar-refractivity contribution in [3.8, 4) is 0 Å². The van der Waals surface area contributed by atoms with Gasteiger partial charge in [0.15, 0.2) is 5.96 Å². The summed E-state index contributed by atoms with van der Waals surface area (Å²) in [4.78, 5) is 19.4. The lowest BCUT2D eigenvalue weighted by molar-refractivity contribution is -0.149. The molecule has 25 heavy (non-hydrogen) atoms. The maximum Gasteiger partial charge on any atom is 0.309 e. The number of likely N-dealkylation sites (tertiary alicyclic amines) is 1. The third-order valence-electron chi connectivity index (χ3n) is 4.09. The SMILES string of the molecule is CCOC(=O)C1CCN(C(=NC)NCCSc2ccc(F)cc2)CC1. The van der Waals surface area contributed by atoms with Crippen LogP contribution in [0.5, 0.6) is 0 Å². The first kappa shape index (κ1) is 19.6. The highest BCUT2D eigenvalue weighted by atomic mass is 32.2. The highest BCUT2D eigenvalue weighted by Crippen LogP contribution is 2.19. The Morgan fingerprint density at radius 2 is 2.04 bits per heavy atom. The summed E-state index contributed by atoms with van der Waals surface area (Å²) >= 11 is 1.67. The van der Waals surface area contributed by atoms with Gasteiger partial charge in [-0.1, -0.05) is 0 Å². The van der Waals surface area contributed by atoms with Gasteiger partial charge in [0.25, 0.3) is 0 Å². The van der Waals surface area contributed by atoms with Gasteiger partial charge in [0.1, 0.15) is 5.82 Å². The fourth-order valence-corrected chi connectivity index (χ4v) is 3.55. The first-order valence-corrected chi connectivity index (χ1v) is 9.63. The van der Waals surface area contributed by atoms with Gasteiger partial charge in [-0.25, -0.2) is 4.39 Å². The molecule has 138 valence electrons. The summed E-state index contributed by atoms with van der Waals surface area (Å²) in [7, 11) is 1.77. The van der Waals surface area contributed by atoms with Crippen molar-refractivity contribution in [2.45, 2.75) is 24.7 Å². The number of piperidine rings is 1. The number of rotatable bonds is 6. The second kappa shape index (κ2) is 10.3. The van der Waals surface area contributed by atoms with Crippen molar-refractivity contribution in [1.29, 1.82) is 0 Å². The van der Waals surface area contributed by atoms with E-state index in [4.69, 9.17) is 4.74 Å². The maximum absolute atomic E-state index is 12.9. The Kier molecular flexibility index (Phi) is 8.04. The highest BCUT2D eigenvalue weighted by Gasteiger charge is 2.27. The molecule has 1 heterocycles. The Hall–Kier alpha value is -1.76. The van der Waals surface area contributed by atoms with E-state index in [0.29, 0.717) is 6.61 Å². The normalized spacial score (nSPS) is 16.0. The number of ether oxygens (including phenoxy) is 1. The van der Waals surface area contributed by atoms with Crippen LogP contribution >= 0.6 is 11.8 Å². The zero-order valence-electron chi connectivity index (χ0n) is 14.8. The fraction of sp³-hybridized carbons (Fsp3) is 0.556. The van der Waals surface area contributed by atoms with Crippen molar-refractivity contribution in [2.24, 2.45) is 10.9 Å². The van der Waals surface area contributed by atoms with Gasteiger partial charge in [-0.3, -0.25) is 9.79 Å². The van der Waals surface area contributed by atoms with Crippen LogP contribution in [0.25, 0.3) is 0 Å². The molecular formula is C18H26FN3O2S. The predicted octanol–water partition coefficient (Wildman–Crippen LogP) is 2.77. The first-order valence-electron chi connectivity index (χ1n) is 8.64. The minimum atomic E-state index is -0.214. The van der Waals surface area contributed by atoms with Crippen molar-refractivity contribution in [1.82, 2.24) is 10.2 Å². The van der Waals surface area contributed by atoms with E-state index < -0.39 is 0 Å². The third kappa shape index (κ3) is 6.23. The zero-order chi connectivity index (χ0) is 18.1. The summed E-state index contributed by atoms with van der Waals surface area (Å²) in [6.45, 7) is 4.64. The van der Waals surface area contributed by atoms with Crippen molar-refractivity contribution in [3.63, 3.8) is 0 Å². The molecule has 0 spiro atoms. The molecule has 0 unspecified atom stereocenters. The molecule has 1 aromatic carbocycles. The van der Waals surface area contributed by atoms with E-state index in [9.17, 15) is 9.18 Å². The molecule has 1 N–H and O–H groups in total. The number of halogens is 1. The monoisotopic (exact) mass is 367 g/mol. The Balaban J connectivity index is 1.70. The lowest BCUT2D eigenvalue weighted by atomic mass is 9.97. The van der Waals surface area contributed by atoms with Crippen LogP contribution in [0.2, 0.25) is 0 Å². The number of thioether (sulfide) groups is 1. The number of benzene rings is 1. The van der Waals surface area contributed by atoms with Gasteiger partial charge in [-0.2, -0.15) is 0 Å². The van der Waals surface area contributed by atoms with Gasteiger partial charge >= 0.3 is 5.97 Å². The number of nitrogens with zero attached hydrogens (tertiary/aromatic N) is 2. The average Bonchev–Trinajstić information content (AvgIpc) is 2.64. The molecule has 1 aliphatic heterocycles. The molecule has 0 aliphatic carbocycles. The number of nitrogens with one attached hydrogen (secondary N) is 1. The van der Waals surface area contributed by atoms with Crippen LogP contribution in [-0.4, -0.2) is 55.9 Å². The van der Waals surface area contributed by atoms with Gasteiger partial charge in [0.2, 0.25) is 0 Å². The quantitative estimate of drug-likeness (QED) is 0.275. The van der Waals surface area contributed by atoms with Crippen LogP contribution < -0.4 is 5.32 Å². The Labute approximate surface area is 153 Å². The summed E-state index contributed by atoms with van der Waals surface area (Å²) in [5.41, 5.74) is 0. The van der Waals surface area contributed by atoms with E-state index in [1.165, 1.54) is 12.1 Å². The molecule has 1 aliphatic rings. The van der Waals surface area contributed by atoms with E-state index in [2.05, 4.69) is 15.2 Å². The fourth-order valence-electron chi connectivity index (χ4n) is 2.78. The number of hydrogen-bond donors (Lipinski definition) is 1. The van der Waals surface area contributed by atoms with Gasteiger partial charge in [0.05, 0.1) is 12.5 Å². The predicted molar refractivity (Wildman–Crippen MR) is 99.4 cm³/mol. The average molecular weight is 367 g/mol. The minimum Gasteiger partial charge on any atom is -0.466 e. The van der Waals surface area contributed by atoms with Crippen molar-refractivity contribution >= 4 is 23.7 Å². The molecule has 1 fully saturated rings. The third-order valence-corrected chi connectivity index (χ3v) is 5.11. The molecule has 0 bridgehead atoms. The Morgan fingerprint density at radius 3 is 2.64 bits per heavy atom. The topological polar surface area (TPSA) is 53.9 Å². The number of carbonyl (C=O) groups is 1. The summed E-state index contributed by atoms with van der Waals surface area (Å²) in [6.07, 6.45) is 1.59. The van der Waals surface area contributed by atoms with Crippen LogP contribution in [0, 0.1) is 11.7 Å². The first-order chi connectivity index (χ1) is 12.1. The van der Waals surface area contributed by atoms with Gasteiger partial charge < -0.3 is 15.0 Å². The van der Waals surface area contributed by atoms with Gasteiger partial charge in [0, 0.05) is 37.3 Å². The number of carbonyl (C=O) groups excluding carboxylic acids is 1. The van der Waals surface area contributed by atoms with Gasteiger partial charge in [-0.05, 0) is 44.0 Å². The van der Waals surface area contributed by atoms with Crippen LogP contribution in [-0.2, 0) is 9.53 Å². The molecule has 0 aromatic heterocycles. The van der Waals surface area contributed by atoms with E-state index in [0.717, 1.165) is 49.1 Å². The second-order valence-corrected chi connectivity index (χ2v) is 6.96. The van der Waals surface area contributed by atoms with Crippen molar-refractivity contribution < 1.29 is 13.9 Å². The van der Waals surface area contributed by atoms with Crippen LogP contribution in [0.4, 0.5) is 4.39 Å². The minimum absolute atomic E-state index is 0.00309. The molecule has 5 nitrogen and oxygen atoms in total. The van der Waals surface area contributed by atoms with E-state index >= 15 is 0 Å². The van der Waals surface area contributed by atoms with Crippen molar-refractivity contribution in [2.75, 3.05) is 39.0 Å². The summed E-state index contributed by atoms with van der Waals surface area (Å²) in [6, 6.07) is 6.52. The molecule has 0 saturated carbocycles. The van der Waals surface area contributed by atoms with Crippen LogP contribution in [0.1, 0.15) is 19.8 Å². The summed E-state index contributed by atoms with van der Waals surface area (Å²) in [5.74, 6) is 1.43. The number of esters is 1. The largest absolute Gasteiger partial charge is 0.466 e. The molecule has 1 saturated heterocycles. The zero-order valence-corrected chi connectivity index (χ0v) is 15.7. The molecular weight excluding hydrogens is 341 g/mol. The number of hydrogen-bond acceptors (Lipinski definition) is 4.